The quantitative estimate of drug-likeness (QED) is 0.281. The summed E-state index contributed by atoms with van der Waals surface area (Å²) in [5, 5.41) is 25.9. The summed E-state index contributed by atoms with van der Waals surface area (Å²) in [6.07, 6.45) is -0.865. The van der Waals surface area contributed by atoms with E-state index in [0.717, 1.165) is 5.56 Å². The molecule has 0 spiro atoms. The van der Waals surface area contributed by atoms with E-state index >= 15 is 0 Å². The van der Waals surface area contributed by atoms with E-state index in [1.165, 1.54) is 31.2 Å². The van der Waals surface area contributed by atoms with Crippen LogP contribution in [0.25, 0.3) is 0 Å². The van der Waals surface area contributed by atoms with Gasteiger partial charge in [-0.2, -0.15) is 10.3 Å². The van der Waals surface area contributed by atoms with Crippen LogP contribution in [0.1, 0.15) is 34.9 Å². The number of carbonyl (C=O) groups excluding carboxylic acids is 1. The van der Waals surface area contributed by atoms with Crippen LogP contribution in [0.15, 0.2) is 59.7 Å². The minimum atomic E-state index is -0.865. The number of amides is 1. The van der Waals surface area contributed by atoms with Crippen molar-refractivity contribution in [2.24, 2.45) is 5.10 Å². The third-order valence-electron chi connectivity index (χ3n) is 5.67. The molecule has 3 aromatic rings. The molecule has 0 N–H and O–H groups in total. The molecule has 0 aliphatic carbocycles. The standard InChI is InChI=1S/C27H25N5O7/c1-17-12-21(15-36-3)24(13-28)27(29-17)38-16-25-31(18(2)33)30-26(39-25)20-6-10-23(11-7-20)37-14-19-4-8-22(9-5-19)32(34)35/h4-12,25H,14-16H2,1-3H3/t25-/m1/s1. The lowest BCUT2D eigenvalue weighted by Crippen LogP contribution is -2.37. The number of methoxy groups -OCH3 is 1. The summed E-state index contributed by atoms with van der Waals surface area (Å²) in [6.45, 7) is 3.49. The van der Waals surface area contributed by atoms with E-state index in [9.17, 15) is 20.2 Å². The number of benzene rings is 2. The number of nitro benzene ring substituents is 1. The smallest absolute Gasteiger partial charge is 0.269 e. The number of carbonyl (C=O) groups is 1. The fraction of sp³-hybridized carbons (Fsp3) is 0.259. The van der Waals surface area contributed by atoms with Gasteiger partial charge in [-0.1, -0.05) is 0 Å². The lowest BCUT2D eigenvalue weighted by molar-refractivity contribution is -0.384. The van der Waals surface area contributed by atoms with Gasteiger partial charge in [0.2, 0.25) is 23.9 Å². The molecule has 1 amide bonds. The second-order valence-electron chi connectivity index (χ2n) is 8.54. The number of non-ortho nitro benzene ring substituents is 1. The van der Waals surface area contributed by atoms with E-state index < -0.39 is 11.2 Å². The molecule has 12 nitrogen and oxygen atoms in total. The maximum Gasteiger partial charge on any atom is 0.269 e. The molecule has 1 aliphatic heterocycles. The minimum absolute atomic E-state index is 0.0141. The molecule has 12 heteroatoms. The topological polar surface area (TPSA) is 149 Å². The number of hydrogen-bond acceptors (Lipinski definition) is 10. The second-order valence-corrected chi connectivity index (χ2v) is 8.54. The fourth-order valence-corrected chi connectivity index (χ4v) is 3.80. The summed E-state index contributed by atoms with van der Waals surface area (Å²) in [5.41, 5.74) is 2.96. The summed E-state index contributed by atoms with van der Waals surface area (Å²) < 4.78 is 22.7. The van der Waals surface area contributed by atoms with Gasteiger partial charge in [-0.05, 0) is 55.0 Å². The van der Waals surface area contributed by atoms with Gasteiger partial charge in [-0.15, -0.1) is 5.10 Å². The summed E-state index contributed by atoms with van der Waals surface area (Å²) in [5.74, 6) is 0.568. The van der Waals surface area contributed by atoms with Crippen LogP contribution in [0.4, 0.5) is 5.69 Å². The number of rotatable bonds is 10. The Balaban J connectivity index is 1.41. The normalized spacial score (nSPS) is 14.3. The lowest BCUT2D eigenvalue weighted by Gasteiger charge is -2.20. The van der Waals surface area contributed by atoms with E-state index in [-0.39, 0.29) is 48.8 Å². The van der Waals surface area contributed by atoms with Gasteiger partial charge in [0.05, 0.1) is 11.5 Å². The van der Waals surface area contributed by atoms with Gasteiger partial charge < -0.3 is 18.9 Å². The Kier molecular flexibility index (Phi) is 8.33. The Morgan fingerprint density at radius 2 is 1.87 bits per heavy atom. The highest BCUT2D eigenvalue weighted by atomic mass is 16.6. The van der Waals surface area contributed by atoms with Gasteiger partial charge in [0, 0.05) is 43.0 Å². The molecule has 0 fully saturated rings. The Hall–Kier alpha value is -5.02. The maximum atomic E-state index is 12.2. The molecule has 1 aliphatic rings. The van der Waals surface area contributed by atoms with Crippen LogP contribution in [0.2, 0.25) is 0 Å². The lowest BCUT2D eigenvalue weighted by atomic mass is 10.1. The zero-order valence-corrected chi connectivity index (χ0v) is 21.5. The van der Waals surface area contributed by atoms with Crippen molar-refractivity contribution in [2.45, 2.75) is 33.3 Å². The average molecular weight is 532 g/mol. The summed E-state index contributed by atoms with van der Waals surface area (Å²) >= 11 is 0. The van der Waals surface area contributed by atoms with Crippen LogP contribution in [-0.4, -0.2) is 46.7 Å². The molecule has 0 saturated carbocycles. The van der Waals surface area contributed by atoms with Crippen molar-refractivity contribution in [1.82, 2.24) is 9.99 Å². The molecule has 1 atom stereocenters. The Bertz CT molecular complexity index is 1430. The molecule has 200 valence electrons. The van der Waals surface area contributed by atoms with Crippen LogP contribution in [0.5, 0.6) is 11.6 Å². The van der Waals surface area contributed by atoms with Gasteiger partial charge in [-0.25, -0.2) is 4.98 Å². The molecule has 1 aromatic heterocycles. The molecule has 0 bridgehead atoms. The first kappa shape index (κ1) is 27.0. The summed E-state index contributed by atoms with van der Waals surface area (Å²) in [7, 11) is 1.53. The van der Waals surface area contributed by atoms with Crippen LogP contribution in [0.3, 0.4) is 0 Å². The second kappa shape index (κ2) is 12.0. The SMILES string of the molecule is COCc1cc(C)nc(OC[C@H]2OC(c3ccc(OCc4ccc([N+](=O)[O-])cc4)cc3)=NN2C(C)=O)c1C#N. The van der Waals surface area contributed by atoms with Crippen LogP contribution in [0, 0.1) is 28.4 Å². The van der Waals surface area contributed by atoms with Gasteiger partial charge in [0.15, 0.2) is 0 Å². The molecule has 2 aromatic carbocycles. The number of hydrazone groups is 1. The Morgan fingerprint density at radius 1 is 1.15 bits per heavy atom. The molecule has 0 unspecified atom stereocenters. The van der Waals surface area contributed by atoms with Gasteiger partial charge in [-0.3, -0.25) is 14.9 Å². The van der Waals surface area contributed by atoms with Crippen molar-refractivity contribution in [3.05, 3.63) is 92.7 Å². The van der Waals surface area contributed by atoms with Gasteiger partial charge >= 0.3 is 0 Å². The zero-order chi connectivity index (χ0) is 27.9. The number of aryl methyl sites for hydroxylation is 1. The van der Waals surface area contributed by atoms with E-state index in [0.29, 0.717) is 22.6 Å². The highest BCUT2D eigenvalue weighted by Gasteiger charge is 2.33. The molecular weight excluding hydrogens is 506 g/mol. The number of ether oxygens (including phenoxy) is 4. The van der Waals surface area contributed by atoms with Crippen molar-refractivity contribution in [3.8, 4) is 17.7 Å². The number of nitrogens with zero attached hydrogens (tertiary/aromatic N) is 5. The van der Waals surface area contributed by atoms with E-state index in [1.807, 2.05) is 0 Å². The van der Waals surface area contributed by atoms with E-state index in [2.05, 4.69) is 16.2 Å². The highest BCUT2D eigenvalue weighted by molar-refractivity contribution is 5.96. The number of nitro groups is 1. The molecule has 0 radical (unpaired) electrons. The molecule has 2 heterocycles. The van der Waals surface area contributed by atoms with Crippen molar-refractivity contribution in [2.75, 3.05) is 13.7 Å². The van der Waals surface area contributed by atoms with Crippen molar-refractivity contribution < 1.29 is 28.7 Å². The maximum absolute atomic E-state index is 12.2. The molecule has 4 rings (SSSR count). The predicted molar refractivity (Wildman–Crippen MR) is 138 cm³/mol. The molecule has 0 saturated heterocycles. The van der Waals surface area contributed by atoms with Crippen molar-refractivity contribution >= 4 is 17.5 Å². The summed E-state index contributed by atoms with van der Waals surface area (Å²) in [4.78, 5) is 26.9. The fourth-order valence-electron chi connectivity index (χ4n) is 3.80. The van der Waals surface area contributed by atoms with Crippen molar-refractivity contribution in [1.29, 1.82) is 5.26 Å². The molecular formula is C27H25N5O7. The van der Waals surface area contributed by atoms with Crippen molar-refractivity contribution in [3.63, 3.8) is 0 Å². The first-order valence-electron chi connectivity index (χ1n) is 11.8. The highest BCUT2D eigenvalue weighted by Crippen LogP contribution is 2.25. The van der Waals surface area contributed by atoms with Crippen LogP contribution in [-0.2, 0) is 27.5 Å². The first-order chi connectivity index (χ1) is 18.8. The molecule has 39 heavy (non-hydrogen) atoms. The largest absolute Gasteiger partial charge is 0.489 e. The van der Waals surface area contributed by atoms with E-state index in [1.54, 1.807) is 49.4 Å². The van der Waals surface area contributed by atoms with Gasteiger partial charge in [0.1, 0.15) is 30.6 Å². The number of aromatic nitrogens is 1. The third kappa shape index (κ3) is 6.46. The number of nitriles is 1. The predicted octanol–water partition coefficient (Wildman–Crippen LogP) is 3.84. The number of pyridine rings is 1. The minimum Gasteiger partial charge on any atom is -0.489 e. The monoisotopic (exact) mass is 531 g/mol. The number of hydrogen-bond donors (Lipinski definition) is 0. The third-order valence-corrected chi connectivity index (χ3v) is 5.67. The van der Waals surface area contributed by atoms with Crippen LogP contribution < -0.4 is 9.47 Å². The summed E-state index contributed by atoms with van der Waals surface area (Å²) in [6, 6.07) is 16.9. The van der Waals surface area contributed by atoms with E-state index in [4.69, 9.17) is 18.9 Å². The first-order valence-corrected chi connectivity index (χ1v) is 11.8. The zero-order valence-electron chi connectivity index (χ0n) is 21.5. The van der Waals surface area contributed by atoms with Crippen LogP contribution >= 0.6 is 0 Å². The Labute approximate surface area is 224 Å². The average Bonchev–Trinajstić information content (AvgIpc) is 3.36. The van der Waals surface area contributed by atoms with Gasteiger partial charge in [0.25, 0.3) is 5.69 Å². The Morgan fingerprint density at radius 3 is 2.49 bits per heavy atom.